The number of anilines is 1. The Morgan fingerprint density at radius 2 is 1.96 bits per heavy atom. The Morgan fingerprint density at radius 1 is 1.19 bits per heavy atom. The number of imidazole rings is 1. The van der Waals surface area contributed by atoms with Crippen molar-refractivity contribution in [2.45, 2.75) is 56.4 Å². The number of hydrogen-bond acceptors (Lipinski definition) is 8. The second-order valence-corrected chi connectivity index (χ2v) is 6.63. The molecule has 2 aromatic heterocycles. The van der Waals surface area contributed by atoms with Crippen molar-refractivity contribution in [3.05, 3.63) is 12.7 Å². The van der Waals surface area contributed by atoms with E-state index in [1.807, 2.05) is 0 Å². The summed E-state index contributed by atoms with van der Waals surface area (Å²) in [6, 6.07) is -1.08. The summed E-state index contributed by atoms with van der Waals surface area (Å²) in [7, 11) is 0. The lowest BCUT2D eigenvalue weighted by atomic mass is 9.85. The Hall–Kier alpha value is -2.79. The highest BCUT2D eigenvalue weighted by atomic mass is 16.4. The molecule has 0 spiro atoms. The SMILES string of the molecule is Nc1ncnc2c1ncn2[C@@H]1CC[C@@H](NC(=O)CCCC(=O)O)[C@@H](O)[C@@H]1O. The van der Waals surface area contributed by atoms with Crippen molar-refractivity contribution in [1.82, 2.24) is 24.8 Å². The van der Waals surface area contributed by atoms with Gasteiger partial charge in [0.25, 0.3) is 0 Å². The van der Waals surface area contributed by atoms with E-state index in [4.69, 9.17) is 10.8 Å². The lowest BCUT2D eigenvalue weighted by Gasteiger charge is -2.38. The van der Waals surface area contributed by atoms with E-state index in [1.165, 1.54) is 12.7 Å². The first-order chi connectivity index (χ1) is 12.9. The average molecular weight is 378 g/mol. The molecule has 2 heterocycles. The Morgan fingerprint density at radius 3 is 2.70 bits per heavy atom. The molecule has 0 aromatic carbocycles. The summed E-state index contributed by atoms with van der Waals surface area (Å²) in [4.78, 5) is 34.6. The van der Waals surface area contributed by atoms with E-state index in [9.17, 15) is 19.8 Å². The molecule has 11 heteroatoms. The number of amides is 1. The molecule has 11 nitrogen and oxygen atoms in total. The molecule has 4 atom stereocenters. The predicted molar refractivity (Wildman–Crippen MR) is 93.4 cm³/mol. The van der Waals surface area contributed by atoms with E-state index in [0.717, 1.165) is 0 Å². The lowest BCUT2D eigenvalue weighted by molar-refractivity contribution is -0.137. The number of hydrogen-bond donors (Lipinski definition) is 5. The molecule has 0 aliphatic heterocycles. The number of aromatic nitrogens is 4. The molecular formula is C16H22N6O5. The number of aliphatic carboxylic acids is 1. The molecule has 2 aromatic rings. The summed E-state index contributed by atoms with van der Waals surface area (Å²) >= 11 is 0. The first kappa shape index (κ1) is 19.0. The molecule has 1 aliphatic carbocycles. The van der Waals surface area contributed by atoms with Gasteiger partial charge in [-0.3, -0.25) is 9.59 Å². The maximum atomic E-state index is 11.9. The van der Waals surface area contributed by atoms with E-state index in [0.29, 0.717) is 24.0 Å². The molecule has 146 valence electrons. The van der Waals surface area contributed by atoms with Crippen LogP contribution >= 0.6 is 0 Å². The zero-order valence-electron chi connectivity index (χ0n) is 14.5. The molecule has 0 bridgehead atoms. The third-order valence-electron chi connectivity index (χ3n) is 4.82. The van der Waals surface area contributed by atoms with Crippen LogP contribution in [0.25, 0.3) is 11.2 Å². The van der Waals surface area contributed by atoms with Crippen LogP contribution in [0.1, 0.15) is 38.1 Å². The van der Waals surface area contributed by atoms with Crippen molar-refractivity contribution in [2.75, 3.05) is 5.73 Å². The van der Waals surface area contributed by atoms with Crippen LogP contribution in [0.4, 0.5) is 5.82 Å². The van der Waals surface area contributed by atoms with Crippen LogP contribution in [0.3, 0.4) is 0 Å². The minimum absolute atomic E-state index is 0.0530. The second-order valence-electron chi connectivity index (χ2n) is 6.63. The number of aliphatic hydroxyl groups is 2. The molecule has 0 saturated heterocycles. The molecule has 1 amide bonds. The van der Waals surface area contributed by atoms with E-state index < -0.39 is 30.3 Å². The summed E-state index contributed by atoms with van der Waals surface area (Å²) in [6.07, 6.45) is 1.59. The fourth-order valence-electron chi connectivity index (χ4n) is 3.41. The van der Waals surface area contributed by atoms with E-state index in [-0.39, 0.29) is 31.0 Å². The van der Waals surface area contributed by atoms with Crippen LogP contribution < -0.4 is 11.1 Å². The molecule has 1 fully saturated rings. The third kappa shape index (κ3) is 3.98. The maximum Gasteiger partial charge on any atom is 0.303 e. The van der Waals surface area contributed by atoms with Crippen LogP contribution in [0, 0.1) is 0 Å². The van der Waals surface area contributed by atoms with Crippen LogP contribution in [0.15, 0.2) is 12.7 Å². The number of carboxylic acids is 1. The van der Waals surface area contributed by atoms with Gasteiger partial charge in [0.2, 0.25) is 5.91 Å². The van der Waals surface area contributed by atoms with Gasteiger partial charge < -0.3 is 30.9 Å². The number of rotatable bonds is 6. The number of carbonyl (C=O) groups is 2. The minimum Gasteiger partial charge on any atom is -0.481 e. The van der Waals surface area contributed by atoms with Crippen molar-refractivity contribution in [3.8, 4) is 0 Å². The van der Waals surface area contributed by atoms with Crippen molar-refractivity contribution in [1.29, 1.82) is 0 Å². The third-order valence-corrected chi connectivity index (χ3v) is 4.82. The first-order valence-electron chi connectivity index (χ1n) is 8.68. The fourth-order valence-corrected chi connectivity index (χ4v) is 3.41. The largest absolute Gasteiger partial charge is 0.481 e. The molecule has 0 unspecified atom stereocenters. The summed E-state index contributed by atoms with van der Waals surface area (Å²) < 4.78 is 1.66. The quantitative estimate of drug-likeness (QED) is 0.431. The van der Waals surface area contributed by atoms with Crippen molar-refractivity contribution >= 4 is 28.9 Å². The smallest absolute Gasteiger partial charge is 0.303 e. The predicted octanol–water partition coefficient (Wildman–Crippen LogP) is -0.795. The number of nitrogens with two attached hydrogens (primary N) is 1. The molecule has 27 heavy (non-hydrogen) atoms. The van der Waals surface area contributed by atoms with Gasteiger partial charge in [-0.05, 0) is 19.3 Å². The summed E-state index contributed by atoms with van der Waals surface area (Å²) in [6.45, 7) is 0. The summed E-state index contributed by atoms with van der Waals surface area (Å²) in [5.74, 6) is -1.08. The normalized spacial score (nSPS) is 25.4. The van der Waals surface area contributed by atoms with E-state index >= 15 is 0 Å². The number of fused-ring (bicyclic) bond motifs is 1. The first-order valence-corrected chi connectivity index (χ1v) is 8.68. The maximum absolute atomic E-state index is 11.9. The second kappa shape index (κ2) is 7.84. The van der Waals surface area contributed by atoms with Crippen LogP contribution in [0.2, 0.25) is 0 Å². The molecule has 1 aliphatic rings. The van der Waals surface area contributed by atoms with Crippen LogP contribution in [0.5, 0.6) is 0 Å². The highest BCUT2D eigenvalue weighted by molar-refractivity contribution is 5.81. The molecular weight excluding hydrogens is 356 g/mol. The monoisotopic (exact) mass is 378 g/mol. The highest BCUT2D eigenvalue weighted by Crippen LogP contribution is 2.32. The van der Waals surface area contributed by atoms with Gasteiger partial charge in [0, 0.05) is 12.8 Å². The number of nitrogens with one attached hydrogen (secondary N) is 1. The van der Waals surface area contributed by atoms with Gasteiger partial charge in [0.05, 0.1) is 18.4 Å². The van der Waals surface area contributed by atoms with Crippen LogP contribution in [-0.4, -0.2) is 65.0 Å². The number of nitrogen functional groups attached to an aromatic ring is 1. The summed E-state index contributed by atoms with van der Waals surface area (Å²) in [5.41, 5.74) is 6.67. The van der Waals surface area contributed by atoms with Gasteiger partial charge in [-0.25, -0.2) is 15.0 Å². The molecule has 0 radical (unpaired) electrons. The van der Waals surface area contributed by atoms with Gasteiger partial charge in [-0.15, -0.1) is 0 Å². The zero-order valence-corrected chi connectivity index (χ0v) is 14.5. The molecule has 6 N–H and O–H groups in total. The Kier molecular flexibility index (Phi) is 5.51. The van der Waals surface area contributed by atoms with Gasteiger partial charge in [0.1, 0.15) is 24.1 Å². The van der Waals surface area contributed by atoms with E-state index in [1.54, 1.807) is 4.57 Å². The number of carboxylic acid groups (broad SMARTS) is 1. The number of nitrogens with zero attached hydrogens (tertiary/aromatic N) is 4. The average Bonchev–Trinajstić information content (AvgIpc) is 3.04. The molecule has 3 rings (SSSR count). The fraction of sp³-hybridized carbons (Fsp3) is 0.562. The Labute approximate surface area is 154 Å². The molecule has 1 saturated carbocycles. The topological polar surface area (TPSA) is 176 Å². The number of aliphatic hydroxyl groups excluding tert-OH is 2. The van der Waals surface area contributed by atoms with Crippen molar-refractivity contribution in [3.63, 3.8) is 0 Å². The standard InChI is InChI=1S/C16H22N6O5/c17-15-12-16(19-6-18-15)22(7-20-12)9-5-4-8(13(26)14(9)27)21-10(23)2-1-3-11(24)25/h6-9,13-14,26-27H,1-5H2,(H,21,23)(H,24,25)(H2,17,18,19)/t8-,9-,13-,14-/m1/s1. The van der Waals surface area contributed by atoms with Gasteiger partial charge >= 0.3 is 5.97 Å². The van der Waals surface area contributed by atoms with E-state index in [2.05, 4.69) is 20.3 Å². The van der Waals surface area contributed by atoms with Gasteiger partial charge in [-0.2, -0.15) is 0 Å². The Bertz CT molecular complexity index is 840. The zero-order chi connectivity index (χ0) is 19.6. The van der Waals surface area contributed by atoms with Crippen LogP contribution in [-0.2, 0) is 9.59 Å². The highest BCUT2D eigenvalue weighted by Gasteiger charge is 2.39. The van der Waals surface area contributed by atoms with Gasteiger partial charge in [0.15, 0.2) is 11.5 Å². The van der Waals surface area contributed by atoms with Gasteiger partial charge in [-0.1, -0.05) is 0 Å². The van der Waals surface area contributed by atoms with Crippen molar-refractivity contribution < 1.29 is 24.9 Å². The minimum atomic E-state index is -1.18. The lowest BCUT2D eigenvalue weighted by Crippen LogP contribution is -2.54. The Balaban J connectivity index is 1.65. The van der Waals surface area contributed by atoms with Crippen molar-refractivity contribution in [2.24, 2.45) is 0 Å². The summed E-state index contributed by atoms with van der Waals surface area (Å²) in [5, 5.41) is 32.3. The number of carbonyl (C=O) groups excluding carboxylic acids is 1.